The zero-order valence-corrected chi connectivity index (χ0v) is 17.9. The van der Waals surface area contributed by atoms with Crippen molar-refractivity contribution >= 4 is 46.6 Å². The maximum atomic E-state index is 12.8. The number of carbonyl (C=O) groups is 3. The number of methoxy groups -OCH3 is 1. The Morgan fingerprint density at radius 2 is 1.50 bits per heavy atom. The quantitative estimate of drug-likeness (QED) is 0.367. The average molecular weight is 442 g/mol. The summed E-state index contributed by atoms with van der Waals surface area (Å²) in [6.07, 6.45) is 3.01. The molecular formula is C25H18N2O4S. The van der Waals surface area contributed by atoms with Gasteiger partial charge in [-0.2, -0.15) is 0 Å². The van der Waals surface area contributed by atoms with Gasteiger partial charge in [-0.1, -0.05) is 36.4 Å². The molecule has 1 aliphatic carbocycles. The number of benzene rings is 3. The van der Waals surface area contributed by atoms with Crippen molar-refractivity contribution in [3.8, 4) is 5.75 Å². The Morgan fingerprint density at radius 1 is 0.875 bits per heavy atom. The van der Waals surface area contributed by atoms with E-state index in [1.54, 1.807) is 67.8 Å². The molecule has 0 saturated carbocycles. The molecule has 0 aliphatic heterocycles. The van der Waals surface area contributed by atoms with Crippen LogP contribution in [-0.2, 0) is 4.79 Å². The summed E-state index contributed by atoms with van der Waals surface area (Å²) in [7, 11) is 1.58. The van der Waals surface area contributed by atoms with Crippen molar-refractivity contribution < 1.29 is 19.1 Å². The Hall–Kier alpha value is -4.10. The highest BCUT2D eigenvalue weighted by Crippen LogP contribution is 2.29. The number of carbonyl (C=O) groups excluding carboxylic acids is 3. The Labute approximate surface area is 189 Å². The fraction of sp³-hybridized carbons (Fsp3) is 0.0400. The van der Waals surface area contributed by atoms with E-state index >= 15 is 0 Å². The monoisotopic (exact) mass is 442 g/mol. The average Bonchev–Trinajstić information content (AvgIpc) is 2.81. The van der Waals surface area contributed by atoms with Gasteiger partial charge >= 0.3 is 0 Å². The molecule has 0 heterocycles. The largest absolute Gasteiger partial charge is 0.497 e. The number of fused-ring (bicyclic) bond motifs is 2. The van der Waals surface area contributed by atoms with E-state index in [2.05, 4.69) is 10.6 Å². The summed E-state index contributed by atoms with van der Waals surface area (Å²) in [5.41, 5.74) is 2.74. The SMILES string of the molecule is COc1ccc(C=CC(=O)NC(=S)Nc2ccc3c(c2)C(=O)c2ccccc2C3=O)cc1. The lowest BCUT2D eigenvalue weighted by molar-refractivity contribution is -0.115. The third kappa shape index (κ3) is 4.33. The minimum absolute atomic E-state index is 0.0734. The fourth-order valence-electron chi connectivity index (χ4n) is 3.38. The van der Waals surface area contributed by atoms with Gasteiger partial charge < -0.3 is 10.1 Å². The molecular weight excluding hydrogens is 424 g/mol. The van der Waals surface area contributed by atoms with Gasteiger partial charge in [-0.15, -0.1) is 0 Å². The van der Waals surface area contributed by atoms with Crippen LogP contribution in [0.15, 0.2) is 72.8 Å². The van der Waals surface area contributed by atoms with Gasteiger partial charge in [-0.25, -0.2) is 0 Å². The molecule has 3 aromatic carbocycles. The van der Waals surface area contributed by atoms with Gasteiger partial charge in [0.2, 0.25) is 5.91 Å². The van der Waals surface area contributed by atoms with E-state index in [0.717, 1.165) is 11.3 Å². The van der Waals surface area contributed by atoms with Crippen LogP contribution in [0.25, 0.3) is 6.08 Å². The van der Waals surface area contributed by atoms with Gasteiger partial charge in [-0.05, 0) is 54.2 Å². The van der Waals surface area contributed by atoms with E-state index < -0.39 is 5.91 Å². The van der Waals surface area contributed by atoms with E-state index in [0.29, 0.717) is 27.9 Å². The molecule has 0 radical (unpaired) electrons. The van der Waals surface area contributed by atoms with E-state index in [1.807, 2.05) is 12.1 Å². The minimum Gasteiger partial charge on any atom is -0.497 e. The molecule has 0 fully saturated rings. The van der Waals surface area contributed by atoms with Crippen molar-refractivity contribution in [2.24, 2.45) is 0 Å². The molecule has 4 rings (SSSR count). The lowest BCUT2D eigenvalue weighted by Gasteiger charge is -2.18. The molecule has 0 aromatic heterocycles. The van der Waals surface area contributed by atoms with E-state index in [9.17, 15) is 14.4 Å². The van der Waals surface area contributed by atoms with Crippen LogP contribution in [0.2, 0.25) is 0 Å². The first-order valence-electron chi connectivity index (χ1n) is 9.73. The second-order valence-electron chi connectivity index (χ2n) is 7.01. The van der Waals surface area contributed by atoms with Crippen molar-refractivity contribution in [1.82, 2.24) is 5.32 Å². The molecule has 0 atom stereocenters. The van der Waals surface area contributed by atoms with Gasteiger partial charge in [0, 0.05) is 34.0 Å². The summed E-state index contributed by atoms with van der Waals surface area (Å²) in [4.78, 5) is 37.7. The van der Waals surface area contributed by atoms with Crippen LogP contribution in [0.4, 0.5) is 5.69 Å². The molecule has 2 N–H and O–H groups in total. The summed E-state index contributed by atoms with van der Waals surface area (Å²) in [6, 6.07) is 18.8. The predicted molar refractivity (Wildman–Crippen MR) is 126 cm³/mol. The molecule has 1 amide bonds. The van der Waals surface area contributed by atoms with Gasteiger partial charge in [0.1, 0.15) is 5.75 Å². The highest BCUT2D eigenvalue weighted by molar-refractivity contribution is 7.80. The zero-order valence-electron chi connectivity index (χ0n) is 17.0. The maximum Gasteiger partial charge on any atom is 0.250 e. The normalized spacial score (nSPS) is 12.2. The fourth-order valence-corrected chi connectivity index (χ4v) is 3.60. The Balaban J connectivity index is 1.42. The lowest BCUT2D eigenvalue weighted by atomic mass is 9.84. The van der Waals surface area contributed by atoms with Crippen LogP contribution >= 0.6 is 12.2 Å². The number of nitrogens with one attached hydrogen (secondary N) is 2. The van der Waals surface area contributed by atoms with E-state index in [-0.39, 0.29) is 16.7 Å². The van der Waals surface area contributed by atoms with Gasteiger partial charge in [0.15, 0.2) is 16.7 Å². The Morgan fingerprint density at radius 3 is 2.16 bits per heavy atom. The number of hydrogen-bond donors (Lipinski definition) is 2. The molecule has 0 saturated heterocycles. The lowest BCUT2D eigenvalue weighted by Crippen LogP contribution is -2.33. The van der Waals surface area contributed by atoms with Crippen molar-refractivity contribution in [3.05, 3.63) is 101 Å². The first-order valence-corrected chi connectivity index (χ1v) is 10.1. The van der Waals surface area contributed by atoms with Crippen LogP contribution in [0.1, 0.15) is 37.4 Å². The highest BCUT2D eigenvalue weighted by Gasteiger charge is 2.29. The molecule has 6 nitrogen and oxygen atoms in total. The molecule has 3 aromatic rings. The number of ketones is 2. The second-order valence-corrected chi connectivity index (χ2v) is 7.42. The summed E-state index contributed by atoms with van der Waals surface area (Å²) < 4.78 is 5.10. The smallest absolute Gasteiger partial charge is 0.250 e. The van der Waals surface area contributed by atoms with Crippen LogP contribution in [-0.4, -0.2) is 29.7 Å². The van der Waals surface area contributed by atoms with Gasteiger partial charge in [0.05, 0.1) is 7.11 Å². The Bertz CT molecular complexity index is 1280. The first kappa shape index (κ1) is 21.1. The van der Waals surface area contributed by atoms with Crippen molar-refractivity contribution in [3.63, 3.8) is 0 Å². The van der Waals surface area contributed by atoms with Gasteiger partial charge in [0.25, 0.3) is 0 Å². The third-order valence-electron chi connectivity index (χ3n) is 4.96. The standard InChI is InChI=1S/C25H18N2O4S/c1-31-17-10-6-15(7-11-17)8-13-22(28)27-25(32)26-16-9-12-20-21(14-16)24(30)19-5-3-2-4-18(19)23(20)29/h2-14H,1H3,(H2,26,27,28,32). The molecule has 158 valence electrons. The molecule has 32 heavy (non-hydrogen) atoms. The maximum absolute atomic E-state index is 12.8. The van der Waals surface area contributed by atoms with Crippen LogP contribution in [0.3, 0.4) is 0 Å². The number of hydrogen-bond acceptors (Lipinski definition) is 5. The second kappa shape index (κ2) is 8.95. The first-order chi connectivity index (χ1) is 15.5. The molecule has 0 spiro atoms. The summed E-state index contributed by atoms with van der Waals surface area (Å²) in [6.45, 7) is 0. The summed E-state index contributed by atoms with van der Waals surface area (Å²) in [5.74, 6) is -0.0975. The van der Waals surface area contributed by atoms with Crippen molar-refractivity contribution in [1.29, 1.82) is 0 Å². The highest BCUT2D eigenvalue weighted by atomic mass is 32.1. The molecule has 7 heteroatoms. The van der Waals surface area contributed by atoms with E-state index in [1.165, 1.54) is 6.08 Å². The summed E-state index contributed by atoms with van der Waals surface area (Å²) >= 11 is 5.20. The zero-order chi connectivity index (χ0) is 22.7. The van der Waals surface area contributed by atoms with Crippen LogP contribution in [0.5, 0.6) is 5.75 Å². The Kier molecular flexibility index (Phi) is 5.91. The van der Waals surface area contributed by atoms with Crippen molar-refractivity contribution in [2.75, 3.05) is 12.4 Å². The number of rotatable bonds is 4. The molecule has 0 bridgehead atoms. The molecule has 1 aliphatic rings. The van der Waals surface area contributed by atoms with Crippen molar-refractivity contribution in [2.45, 2.75) is 0 Å². The van der Waals surface area contributed by atoms with Gasteiger partial charge in [-0.3, -0.25) is 19.7 Å². The number of ether oxygens (including phenoxy) is 1. The van der Waals surface area contributed by atoms with Crippen LogP contribution in [0, 0.1) is 0 Å². The van der Waals surface area contributed by atoms with Crippen LogP contribution < -0.4 is 15.4 Å². The predicted octanol–water partition coefficient (Wildman–Crippen LogP) is 4.00. The minimum atomic E-state index is -0.406. The number of amides is 1. The number of thiocarbonyl (C=S) groups is 1. The topological polar surface area (TPSA) is 84.5 Å². The summed E-state index contributed by atoms with van der Waals surface area (Å²) in [5, 5.41) is 5.51. The van der Waals surface area contributed by atoms with E-state index in [4.69, 9.17) is 17.0 Å². The third-order valence-corrected chi connectivity index (χ3v) is 5.17. The molecule has 0 unspecified atom stereocenters. The number of anilines is 1.